The summed E-state index contributed by atoms with van der Waals surface area (Å²) in [5.74, 6) is 1.46. The van der Waals surface area contributed by atoms with Gasteiger partial charge in [-0.25, -0.2) is 0 Å². The average molecular weight is 318 g/mol. The van der Waals surface area contributed by atoms with E-state index < -0.39 is 6.10 Å². The zero-order valence-electron chi connectivity index (χ0n) is 10.8. The van der Waals surface area contributed by atoms with Crippen molar-refractivity contribution in [2.45, 2.75) is 19.4 Å². The molecule has 0 spiro atoms. The maximum atomic E-state index is 9.70. The Morgan fingerprint density at radius 2 is 2.22 bits per heavy atom. The van der Waals surface area contributed by atoms with Gasteiger partial charge in [-0.2, -0.15) is 0 Å². The quantitative estimate of drug-likeness (QED) is 0.722. The second kappa shape index (κ2) is 8.34. The van der Waals surface area contributed by atoms with Crippen LogP contribution in [0.2, 0.25) is 0 Å². The van der Waals surface area contributed by atoms with Crippen molar-refractivity contribution in [3.05, 3.63) is 22.7 Å². The third-order valence-electron chi connectivity index (χ3n) is 2.38. The zero-order valence-corrected chi connectivity index (χ0v) is 12.4. The smallest absolute Gasteiger partial charge is 0.133 e. The number of benzene rings is 1. The maximum Gasteiger partial charge on any atom is 0.133 e. The minimum atomic E-state index is -0.509. The van der Waals surface area contributed by atoms with Crippen LogP contribution in [-0.4, -0.2) is 38.0 Å². The molecule has 0 saturated heterocycles. The molecule has 0 amide bonds. The molecule has 4 nitrogen and oxygen atoms in total. The predicted octanol–water partition coefficient (Wildman–Crippen LogP) is 2.20. The van der Waals surface area contributed by atoms with Crippen LogP contribution in [-0.2, 0) is 0 Å². The lowest BCUT2D eigenvalue weighted by molar-refractivity contribution is 0.106. The van der Waals surface area contributed by atoms with E-state index in [2.05, 4.69) is 28.2 Å². The summed E-state index contributed by atoms with van der Waals surface area (Å²) in [7, 11) is 1.62. The fourth-order valence-corrected chi connectivity index (χ4v) is 1.89. The molecular formula is C13H20BrNO3. The molecule has 1 rings (SSSR count). The van der Waals surface area contributed by atoms with Gasteiger partial charge in [0.25, 0.3) is 0 Å². The van der Waals surface area contributed by atoms with Crippen molar-refractivity contribution in [3.63, 3.8) is 0 Å². The Balaban J connectivity index is 2.38. The summed E-state index contributed by atoms with van der Waals surface area (Å²) >= 11 is 3.40. The van der Waals surface area contributed by atoms with Crippen molar-refractivity contribution < 1.29 is 14.6 Å². The summed E-state index contributed by atoms with van der Waals surface area (Å²) in [6.07, 6.45) is 0.544. The van der Waals surface area contributed by atoms with E-state index in [1.807, 2.05) is 18.2 Å². The van der Waals surface area contributed by atoms with Crippen LogP contribution in [0.15, 0.2) is 22.7 Å². The van der Waals surface area contributed by atoms with Crippen molar-refractivity contribution in [2.75, 3.05) is 26.8 Å². The highest BCUT2D eigenvalue weighted by Gasteiger charge is 2.07. The number of rotatable bonds is 8. The fourth-order valence-electron chi connectivity index (χ4n) is 1.42. The molecule has 102 valence electrons. The molecule has 0 fully saturated rings. The molecule has 0 bridgehead atoms. The molecule has 0 aliphatic rings. The number of aliphatic hydroxyl groups is 1. The number of ether oxygens (including phenoxy) is 2. The molecule has 1 aromatic carbocycles. The summed E-state index contributed by atoms with van der Waals surface area (Å²) in [6, 6.07) is 5.47. The predicted molar refractivity (Wildman–Crippen MR) is 75.4 cm³/mol. The third kappa shape index (κ3) is 5.25. The molecule has 1 atom stereocenters. The zero-order chi connectivity index (χ0) is 13.4. The van der Waals surface area contributed by atoms with E-state index in [0.717, 1.165) is 23.2 Å². The highest BCUT2D eigenvalue weighted by atomic mass is 79.9. The Bertz CT molecular complexity index is 360. The van der Waals surface area contributed by atoms with Gasteiger partial charge in [0.1, 0.15) is 24.2 Å². The van der Waals surface area contributed by atoms with Crippen LogP contribution >= 0.6 is 15.9 Å². The van der Waals surface area contributed by atoms with Crippen LogP contribution in [0.4, 0.5) is 0 Å². The Morgan fingerprint density at radius 3 is 2.83 bits per heavy atom. The molecule has 1 aromatic rings. The van der Waals surface area contributed by atoms with Crippen molar-refractivity contribution in [2.24, 2.45) is 0 Å². The Labute approximate surface area is 116 Å². The number of methoxy groups -OCH3 is 1. The van der Waals surface area contributed by atoms with Gasteiger partial charge in [-0.05, 0) is 47.1 Å². The molecule has 0 heterocycles. The van der Waals surface area contributed by atoms with Gasteiger partial charge in [-0.1, -0.05) is 6.92 Å². The number of hydrogen-bond acceptors (Lipinski definition) is 4. The summed E-state index contributed by atoms with van der Waals surface area (Å²) in [4.78, 5) is 0. The number of aliphatic hydroxyl groups excluding tert-OH is 1. The number of halogens is 1. The van der Waals surface area contributed by atoms with Crippen LogP contribution in [0.5, 0.6) is 11.5 Å². The minimum Gasteiger partial charge on any atom is -0.497 e. The molecule has 0 radical (unpaired) electrons. The van der Waals surface area contributed by atoms with Crippen LogP contribution in [0.25, 0.3) is 0 Å². The van der Waals surface area contributed by atoms with Gasteiger partial charge in [-0.15, -0.1) is 0 Å². The van der Waals surface area contributed by atoms with Crippen LogP contribution < -0.4 is 14.8 Å². The summed E-state index contributed by atoms with van der Waals surface area (Å²) in [6.45, 7) is 3.80. The van der Waals surface area contributed by atoms with E-state index in [0.29, 0.717) is 12.3 Å². The fraction of sp³-hybridized carbons (Fsp3) is 0.538. The lowest BCUT2D eigenvalue weighted by atomic mass is 10.3. The summed E-state index contributed by atoms with van der Waals surface area (Å²) < 4.78 is 11.4. The van der Waals surface area contributed by atoms with Gasteiger partial charge in [-0.3, -0.25) is 0 Å². The molecule has 0 saturated carbocycles. The van der Waals surface area contributed by atoms with E-state index in [1.54, 1.807) is 7.11 Å². The van der Waals surface area contributed by atoms with Gasteiger partial charge in [0, 0.05) is 6.54 Å². The monoisotopic (exact) mass is 317 g/mol. The van der Waals surface area contributed by atoms with E-state index in [1.165, 1.54) is 0 Å². The highest BCUT2D eigenvalue weighted by Crippen LogP contribution is 2.29. The molecule has 5 heteroatoms. The molecule has 0 aliphatic heterocycles. The molecule has 18 heavy (non-hydrogen) atoms. The van der Waals surface area contributed by atoms with Crippen molar-refractivity contribution in [3.8, 4) is 11.5 Å². The molecule has 0 aromatic heterocycles. The summed E-state index contributed by atoms with van der Waals surface area (Å²) in [5, 5.41) is 12.8. The van der Waals surface area contributed by atoms with E-state index in [-0.39, 0.29) is 6.61 Å². The van der Waals surface area contributed by atoms with Crippen molar-refractivity contribution in [1.29, 1.82) is 0 Å². The molecular weight excluding hydrogens is 298 g/mol. The highest BCUT2D eigenvalue weighted by molar-refractivity contribution is 9.10. The number of hydrogen-bond donors (Lipinski definition) is 2. The first-order valence-electron chi connectivity index (χ1n) is 6.02. The van der Waals surface area contributed by atoms with Gasteiger partial charge in [0.15, 0.2) is 0 Å². The van der Waals surface area contributed by atoms with Crippen molar-refractivity contribution in [1.82, 2.24) is 5.32 Å². The van der Waals surface area contributed by atoms with Gasteiger partial charge in [0.05, 0.1) is 11.6 Å². The van der Waals surface area contributed by atoms with E-state index in [9.17, 15) is 5.11 Å². The molecule has 1 unspecified atom stereocenters. The molecule has 2 N–H and O–H groups in total. The van der Waals surface area contributed by atoms with E-state index >= 15 is 0 Å². The van der Waals surface area contributed by atoms with Gasteiger partial charge in [0.2, 0.25) is 0 Å². The van der Waals surface area contributed by atoms with Gasteiger partial charge < -0.3 is 19.9 Å². The second-order valence-corrected chi connectivity index (χ2v) is 4.82. The first-order valence-corrected chi connectivity index (χ1v) is 6.81. The maximum absolute atomic E-state index is 9.70. The second-order valence-electron chi connectivity index (χ2n) is 3.97. The number of nitrogens with one attached hydrogen (secondary N) is 1. The first kappa shape index (κ1) is 15.3. The van der Waals surface area contributed by atoms with Crippen LogP contribution in [0.3, 0.4) is 0 Å². The first-order chi connectivity index (χ1) is 8.67. The Morgan fingerprint density at radius 1 is 1.44 bits per heavy atom. The van der Waals surface area contributed by atoms with Crippen LogP contribution in [0, 0.1) is 0 Å². The van der Waals surface area contributed by atoms with Crippen LogP contribution in [0.1, 0.15) is 13.3 Å². The van der Waals surface area contributed by atoms with Crippen molar-refractivity contribution >= 4 is 15.9 Å². The molecule has 0 aliphatic carbocycles. The lowest BCUT2D eigenvalue weighted by Gasteiger charge is -2.14. The third-order valence-corrected chi connectivity index (χ3v) is 3.00. The topological polar surface area (TPSA) is 50.7 Å². The Hall–Kier alpha value is -0.780. The Kier molecular flexibility index (Phi) is 7.08. The van der Waals surface area contributed by atoms with E-state index in [4.69, 9.17) is 9.47 Å². The standard InChI is InChI=1S/C13H20BrNO3/c1-3-6-15-8-10(16)9-18-13-5-4-11(17-2)7-12(13)14/h4-5,7,10,15-16H,3,6,8-9H2,1-2H3. The largest absolute Gasteiger partial charge is 0.497 e. The van der Waals surface area contributed by atoms with Gasteiger partial charge >= 0.3 is 0 Å². The summed E-state index contributed by atoms with van der Waals surface area (Å²) in [5.41, 5.74) is 0. The SMILES string of the molecule is CCCNCC(O)COc1ccc(OC)cc1Br. The average Bonchev–Trinajstić information content (AvgIpc) is 2.37. The minimum absolute atomic E-state index is 0.266. The normalized spacial score (nSPS) is 12.2. The lowest BCUT2D eigenvalue weighted by Crippen LogP contribution is -2.31.